The Labute approximate surface area is 154 Å². The zero-order chi connectivity index (χ0) is 19.1. The molecule has 3 rings (SSSR count). The molecule has 0 radical (unpaired) electrons. The number of hydrogen-bond donors (Lipinski definition) is 2. The highest BCUT2D eigenvalue weighted by Gasteiger charge is 2.05. The lowest BCUT2D eigenvalue weighted by atomic mass is 10.3. The van der Waals surface area contributed by atoms with Crippen LogP contribution in [0.4, 0.5) is 26.2 Å². The predicted molar refractivity (Wildman–Crippen MR) is 96.4 cm³/mol. The van der Waals surface area contributed by atoms with Crippen molar-refractivity contribution in [3.63, 3.8) is 0 Å². The molecule has 0 amide bonds. The number of ether oxygens (including phenoxy) is 2. The van der Waals surface area contributed by atoms with Gasteiger partial charge in [-0.2, -0.15) is 10.1 Å². The van der Waals surface area contributed by atoms with E-state index in [2.05, 4.69) is 25.8 Å². The van der Waals surface area contributed by atoms with Crippen LogP contribution in [0.5, 0.6) is 11.5 Å². The monoisotopic (exact) mass is 373 g/mol. The molecule has 0 spiro atoms. The van der Waals surface area contributed by atoms with Gasteiger partial charge in [0.05, 0.1) is 19.9 Å². The molecular formula is C18H17F2N5O2. The minimum Gasteiger partial charge on any atom is -0.497 e. The number of hydrogen-bond acceptors (Lipinski definition) is 7. The first-order valence-corrected chi connectivity index (χ1v) is 8.06. The van der Waals surface area contributed by atoms with Crippen LogP contribution >= 0.6 is 0 Å². The van der Waals surface area contributed by atoms with Gasteiger partial charge in [0.2, 0.25) is 5.95 Å². The zero-order valence-corrected chi connectivity index (χ0v) is 14.4. The van der Waals surface area contributed by atoms with Gasteiger partial charge in [-0.25, -0.2) is 8.78 Å². The molecule has 0 fully saturated rings. The van der Waals surface area contributed by atoms with E-state index in [-0.39, 0.29) is 5.95 Å². The molecule has 27 heavy (non-hydrogen) atoms. The van der Waals surface area contributed by atoms with Crippen LogP contribution in [0, 0.1) is 11.6 Å². The van der Waals surface area contributed by atoms with Gasteiger partial charge < -0.3 is 20.1 Å². The van der Waals surface area contributed by atoms with E-state index in [1.807, 2.05) is 24.3 Å². The van der Waals surface area contributed by atoms with Gasteiger partial charge in [-0.1, -0.05) is 0 Å². The second kappa shape index (κ2) is 8.75. The number of anilines is 3. The molecular weight excluding hydrogens is 356 g/mol. The molecule has 3 aromatic rings. The van der Waals surface area contributed by atoms with Crippen molar-refractivity contribution in [3.05, 3.63) is 60.3 Å². The molecule has 1 aromatic heterocycles. The maximum absolute atomic E-state index is 13.3. The lowest BCUT2D eigenvalue weighted by Crippen LogP contribution is -2.14. The molecule has 0 saturated carbocycles. The summed E-state index contributed by atoms with van der Waals surface area (Å²) >= 11 is 0. The summed E-state index contributed by atoms with van der Waals surface area (Å²) in [7, 11) is 1.60. The Morgan fingerprint density at radius 3 is 2.52 bits per heavy atom. The van der Waals surface area contributed by atoms with E-state index in [4.69, 9.17) is 9.47 Å². The summed E-state index contributed by atoms with van der Waals surface area (Å²) in [6, 6.07) is 10.7. The van der Waals surface area contributed by atoms with Crippen molar-refractivity contribution in [1.82, 2.24) is 15.2 Å². The average Bonchev–Trinajstić information content (AvgIpc) is 2.69. The van der Waals surface area contributed by atoms with Crippen molar-refractivity contribution in [1.29, 1.82) is 0 Å². The zero-order valence-electron chi connectivity index (χ0n) is 14.4. The molecule has 140 valence electrons. The first-order valence-electron chi connectivity index (χ1n) is 8.06. The number of methoxy groups -OCH3 is 1. The van der Waals surface area contributed by atoms with Crippen LogP contribution in [-0.4, -0.2) is 35.4 Å². The largest absolute Gasteiger partial charge is 0.497 e. The highest BCUT2D eigenvalue weighted by atomic mass is 19.2. The molecule has 2 aromatic carbocycles. The van der Waals surface area contributed by atoms with Crippen LogP contribution in [0.2, 0.25) is 0 Å². The minimum absolute atomic E-state index is 0.279. The van der Waals surface area contributed by atoms with Crippen LogP contribution in [0.25, 0.3) is 0 Å². The Morgan fingerprint density at radius 1 is 1.00 bits per heavy atom. The fourth-order valence-corrected chi connectivity index (χ4v) is 2.16. The highest BCUT2D eigenvalue weighted by Crippen LogP contribution is 2.18. The van der Waals surface area contributed by atoms with Crippen molar-refractivity contribution < 1.29 is 18.3 Å². The van der Waals surface area contributed by atoms with E-state index < -0.39 is 11.6 Å². The Morgan fingerprint density at radius 2 is 1.78 bits per heavy atom. The maximum atomic E-state index is 13.3. The van der Waals surface area contributed by atoms with Gasteiger partial charge in [-0.05, 0) is 36.4 Å². The molecule has 0 unspecified atom stereocenters. The normalized spacial score (nSPS) is 10.3. The van der Waals surface area contributed by atoms with Gasteiger partial charge in [-0.15, -0.1) is 5.10 Å². The second-order valence-electron chi connectivity index (χ2n) is 5.37. The van der Waals surface area contributed by atoms with Gasteiger partial charge in [0.25, 0.3) is 0 Å². The topological polar surface area (TPSA) is 81.2 Å². The Bertz CT molecular complexity index is 893. The Hall–Kier alpha value is -3.49. The van der Waals surface area contributed by atoms with Crippen LogP contribution in [0.15, 0.2) is 48.7 Å². The predicted octanol–water partition coefficient (Wildman–Crippen LogP) is 3.39. The fraction of sp³-hybridized carbons (Fsp3) is 0.167. The standard InChI is InChI=1S/C18H17F2N5O2/c1-26-13-3-5-14(6-4-13)27-9-8-21-18-24-17(11-22-25-18)23-12-2-7-15(19)16(20)10-12/h2-7,10-11H,8-9H2,1H3,(H2,21,23,24,25). The quantitative estimate of drug-likeness (QED) is 0.586. The van der Waals surface area contributed by atoms with Crippen molar-refractivity contribution in [2.45, 2.75) is 0 Å². The summed E-state index contributed by atoms with van der Waals surface area (Å²) in [5, 5.41) is 13.5. The SMILES string of the molecule is COc1ccc(OCCNc2nncc(Nc3ccc(F)c(F)c3)n2)cc1. The lowest BCUT2D eigenvalue weighted by molar-refractivity contribution is 0.331. The molecule has 1 heterocycles. The summed E-state index contributed by atoms with van der Waals surface area (Å²) in [6.45, 7) is 0.832. The van der Waals surface area contributed by atoms with Gasteiger partial charge in [-0.3, -0.25) is 0 Å². The van der Waals surface area contributed by atoms with E-state index in [0.29, 0.717) is 30.4 Å². The summed E-state index contributed by atoms with van der Waals surface area (Å²) in [4.78, 5) is 4.20. The molecule has 0 aliphatic rings. The number of nitrogens with zero attached hydrogens (tertiary/aromatic N) is 3. The minimum atomic E-state index is -0.948. The number of benzene rings is 2. The van der Waals surface area contributed by atoms with E-state index in [1.165, 1.54) is 12.3 Å². The van der Waals surface area contributed by atoms with Crippen LogP contribution in [0.1, 0.15) is 0 Å². The average molecular weight is 373 g/mol. The van der Waals surface area contributed by atoms with E-state index in [0.717, 1.165) is 17.9 Å². The molecule has 2 N–H and O–H groups in total. The van der Waals surface area contributed by atoms with Gasteiger partial charge in [0, 0.05) is 11.8 Å². The fourth-order valence-electron chi connectivity index (χ4n) is 2.16. The lowest BCUT2D eigenvalue weighted by Gasteiger charge is -2.09. The summed E-state index contributed by atoms with van der Waals surface area (Å²) < 4.78 is 36.9. The molecule has 0 saturated heterocycles. The molecule has 7 nitrogen and oxygen atoms in total. The molecule has 0 bridgehead atoms. The second-order valence-corrected chi connectivity index (χ2v) is 5.37. The van der Waals surface area contributed by atoms with E-state index >= 15 is 0 Å². The number of nitrogens with one attached hydrogen (secondary N) is 2. The molecule has 9 heteroatoms. The number of rotatable bonds is 8. The molecule has 0 atom stereocenters. The Kier molecular flexibility index (Phi) is 5.93. The maximum Gasteiger partial charge on any atom is 0.244 e. The highest BCUT2D eigenvalue weighted by molar-refractivity contribution is 5.56. The third-order valence-corrected chi connectivity index (χ3v) is 3.46. The van der Waals surface area contributed by atoms with Crippen LogP contribution in [-0.2, 0) is 0 Å². The van der Waals surface area contributed by atoms with Crippen molar-refractivity contribution in [3.8, 4) is 11.5 Å². The van der Waals surface area contributed by atoms with Crippen molar-refractivity contribution >= 4 is 17.5 Å². The number of aromatic nitrogens is 3. The van der Waals surface area contributed by atoms with Gasteiger partial charge in [0.15, 0.2) is 17.5 Å². The van der Waals surface area contributed by atoms with Gasteiger partial charge >= 0.3 is 0 Å². The summed E-state index contributed by atoms with van der Waals surface area (Å²) in [5.74, 6) is 0.225. The van der Waals surface area contributed by atoms with E-state index in [9.17, 15) is 8.78 Å². The van der Waals surface area contributed by atoms with Gasteiger partial charge in [0.1, 0.15) is 18.1 Å². The molecule has 0 aliphatic heterocycles. The van der Waals surface area contributed by atoms with Crippen LogP contribution < -0.4 is 20.1 Å². The van der Waals surface area contributed by atoms with Crippen LogP contribution in [0.3, 0.4) is 0 Å². The molecule has 0 aliphatic carbocycles. The Balaban J connectivity index is 1.50. The first kappa shape index (κ1) is 18.3. The third kappa shape index (κ3) is 5.24. The third-order valence-electron chi connectivity index (χ3n) is 3.46. The van der Waals surface area contributed by atoms with E-state index in [1.54, 1.807) is 7.11 Å². The summed E-state index contributed by atoms with van der Waals surface area (Å²) in [6.07, 6.45) is 1.38. The summed E-state index contributed by atoms with van der Waals surface area (Å²) in [5.41, 5.74) is 0.350. The smallest absolute Gasteiger partial charge is 0.244 e. The first-order chi connectivity index (χ1) is 13.1. The van der Waals surface area contributed by atoms with Crippen molar-refractivity contribution in [2.75, 3.05) is 30.9 Å². The number of halogens is 2. The van der Waals surface area contributed by atoms with Crippen molar-refractivity contribution in [2.24, 2.45) is 0 Å².